The Morgan fingerprint density at radius 3 is 2.33 bits per heavy atom. The first-order valence-corrected chi connectivity index (χ1v) is 7.53. The maximum atomic E-state index is 3.68. The zero-order valence-corrected chi connectivity index (χ0v) is 13.7. The summed E-state index contributed by atoms with van der Waals surface area (Å²) >= 11 is 3.68. The molecule has 18 heavy (non-hydrogen) atoms. The minimum atomic E-state index is 0.513. The second kappa shape index (κ2) is 7.15. The molecule has 0 saturated carbocycles. The first kappa shape index (κ1) is 15.5. The molecule has 0 atom stereocenters. The predicted molar refractivity (Wildman–Crippen MR) is 84.3 cm³/mol. The Balaban J connectivity index is 2.84. The molecule has 0 aliphatic heterocycles. The van der Waals surface area contributed by atoms with Gasteiger partial charge in [0, 0.05) is 35.3 Å². The van der Waals surface area contributed by atoms with Crippen LogP contribution in [0.2, 0.25) is 0 Å². The predicted octanol–water partition coefficient (Wildman–Crippen LogP) is 4.18. The molecule has 0 heterocycles. The van der Waals surface area contributed by atoms with Crippen molar-refractivity contribution in [1.82, 2.24) is 5.32 Å². The molecule has 0 unspecified atom stereocenters. The van der Waals surface area contributed by atoms with Crippen LogP contribution in [-0.4, -0.2) is 18.6 Å². The van der Waals surface area contributed by atoms with Gasteiger partial charge in [-0.15, -0.1) is 0 Å². The van der Waals surface area contributed by atoms with Crippen LogP contribution < -0.4 is 10.2 Å². The molecule has 0 saturated heterocycles. The highest BCUT2D eigenvalue weighted by atomic mass is 79.9. The third-order valence-electron chi connectivity index (χ3n) is 3.03. The lowest BCUT2D eigenvalue weighted by Gasteiger charge is -2.28. The van der Waals surface area contributed by atoms with Gasteiger partial charge in [-0.1, -0.05) is 35.8 Å². The van der Waals surface area contributed by atoms with Gasteiger partial charge < -0.3 is 10.2 Å². The van der Waals surface area contributed by atoms with E-state index in [0.717, 1.165) is 13.1 Å². The molecule has 0 aromatic heterocycles. The maximum absolute atomic E-state index is 3.68. The van der Waals surface area contributed by atoms with E-state index in [1.807, 2.05) is 0 Å². The van der Waals surface area contributed by atoms with Crippen molar-refractivity contribution >= 4 is 21.6 Å². The van der Waals surface area contributed by atoms with Gasteiger partial charge in [0.2, 0.25) is 0 Å². The Kier molecular flexibility index (Phi) is 6.16. The van der Waals surface area contributed by atoms with E-state index in [1.165, 1.54) is 15.7 Å². The van der Waals surface area contributed by atoms with Gasteiger partial charge in [-0.2, -0.15) is 0 Å². The van der Waals surface area contributed by atoms with Gasteiger partial charge in [0.1, 0.15) is 0 Å². The number of hydrogen-bond donors (Lipinski definition) is 1. The van der Waals surface area contributed by atoms with Crippen LogP contribution in [0.25, 0.3) is 0 Å². The molecule has 0 bridgehead atoms. The van der Waals surface area contributed by atoms with Crippen LogP contribution in [0.5, 0.6) is 0 Å². The van der Waals surface area contributed by atoms with E-state index in [2.05, 4.69) is 79.0 Å². The number of benzene rings is 1. The average Bonchev–Trinajstić information content (AvgIpc) is 2.28. The Morgan fingerprint density at radius 1 is 1.22 bits per heavy atom. The van der Waals surface area contributed by atoms with Gasteiger partial charge in [-0.05, 0) is 38.5 Å². The third-order valence-corrected chi connectivity index (χ3v) is 3.77. The van der Waals surface area contributed by atoms with Crippen molar-refractivity contribution in [2.24, 2.45) is 0 Å². The van der Waals surface area contributed by atoms with Crippen LogP contribution in [-0.2, 0) is 6.54 Å². The van der Waals surface area contributed by atoms with Crippen molar-refractivity contribution in [2.45, 2.75) is 53.2 Å². The van der Waals surface area contributed by atoms with Crippen LogP contribution in [0.15, 0.2) is 22.7 Å². The van der Waals surface area contributed by atoms with Crippen molar-refractivity contribution in [3.05, 3.63) is 28.2 Å². The van der Waals surface area contributed by atoms with Crippen molar-refractivity contribution in [3.8, 4) is 0 Å². The van der Waals surface area contributed by atoms with Crippen LogP contribution in [0, 0.1) is 0 Å². The number of rotatable bonds is 6. The largest absolute Gasteiger partial charge is 0.369 e. The van der Waals surface area contributed by atoms with Gasteiger partial charge in [0.25, 0.3) is 0 Å². The van der Waals surface area contributed by atoms with Crippen LogP contribution >= 0.6 is 15.9 Å². The highest BCUT2D eigenvalue weighted by Crippen LogP contribution is 2.25. The van der Waals surface area contributed by atoms with Crippen LogP contribution in [0.4, 0.5) is 5.69 Å². The van der Waals surface area contributed by atoms with Crippen LogP contribution in [0.3, 0.4) is 0 Å². The van der Waals surface area contributed by atoms with Gasteiger partial charge in [-0.25, -0.2) is 0 Å². The summed E-state index contributed by atoms with van der Waals surface area (Å²) in [6.45, 7) is 12.9. The van der Waals surface area contributed by atoms with Gasteiger partial charge in [-0.3, -0.25) is 0 Å². The van der Waals surface area contributed by atoms with E-state index in [0.29, 0.717) is 12.1 Å². The standard InChI is InChI=1S/C15H25BrN2/c1-6-18(12(4)5)14-8-7-13(15(16)9-14)10-17-11(2)3/h7-9,11-12,17H,6,10H2,1-5H3. The van der Waals surface area contributed by atoms with E-state index in [1.54, 1.807) is 0 Å². The molecule has 1 aromatic carbocycles. The normalized spacial score (nSPS) is 11.3. The first-order chi connectivity index (χ1) is 8.45. The maximum Gasteiger partial charge on any atom is 0.0379 e. The minimum Gasteiger partial charge on any atom is -0.369 e. The topological polar surface area (TPSA) is 15.3 Å². The molecule has 1 aromatic rings. The first-order valence-electron chi connectivity index (χ1n) is 6.74. The van der Waals surface area contributed by atoms with Gasteiger partial charge in [0.05, 0.1) is 0 Å². The summed E-state index contributed by atoms with van der Waals surface area (Å²) in [5, 5.41) is 3.44. The molecule has 0 spiro atoms. The lowest BCUT2D eigenvalue weighted by atomic mass is 10.1. The van der Waals surface area contributed by atoms with Gasteiger partial charge in [0.15, 0.2) is 0 Å². The van der Waals surface area contributed by atoms with Crippen molar-refractivity contribution in [3.63, 3.8) is 0 Å². The number of nitrogens with zero attached hydrogens (tertiary/aromatic N) is 1. The summed E-state index contributed by atoms with van der Waals surface area (Å²) in [6, 6.07) is 7.69. The molecule has 0 aliphatic carbocycles. The second-order valence-corrected chi connectivity index (χ2v) is 6.05. The Hall–Kier alpha value is -0.540. The second-order valence-electron chi connectivity index (χ2n) is 5.19. The summed E-state index contributed by atoms with van der Waals surface area (Å²) in [7, 11) is 0. The Bertz CT molecular complexity index is 375. The lowest BCUT2D eigenvalue weighted by molar-refractivity contribution is 0.588. The molecule has 102 valence electrons. The highest BCUT2D eigenvalue weighted by Gasteiger charge is 2.10. The highest BCUT2D eigenvalue weighted by molar-refractivity contribution is 9.10. The molecule has 0 radical (unpaired) electrons. The Morgan fingerprint density at radius 2 is 1.89 bits per heavy atom. The quantitative estimate of drug-likeness (QED) is 0.847. The molecule has 2 nitrogen and oxygen atoms in total. The van der Waals surface area contributed by atoms with Crippen LogP contribution in [0.1, 0.15) is 40.2 Å². The fraction of sp³-hybridized carbons (Fsp3) is 0.600. The van der Waals surface area contributed by atoms with Crippen molar-refractivity contribution < 1.29 is 0 Å². The van der Waals surface area contributed by atoms with Crippen molar-refractivity contribution in [1.29, 1.82) is 0 Å². The van der Waals surface area contributed by atoms with E-state index in [4.69, 9.17) is 0 Å². The minimum absolute atomic E-state index is 0.513. The monoisotopic (exact) mass is 312 g/mol. The zero-order chi connectivity index (χ0) is 13.7. The molecule has 0 fully saturated rings. The molecule has 3 heteroatoms. The zero-order valence-electron chi connectivity index (χ0n) is 12.1. The van der Waals surface area contributed by atoms with E-state index < -0.39 is 0 Å². The third kappa shape index (κ3) is 4.29. The smallest absolute Gasteiger partial charge is 0.0379 e. The SMILES string of the molecule is CCN(c1ccc(CNC(C)C)c(Br)c1)C(C)C. The molecular weight excluding hydrogens is 288 g/mol. The van der Waals surface area contributed by atoms with Crippen molar-refractivity contribution in [2.75, 3.05) is 11.4 Å². The van der Waals surface area contributed by atoms with Gasteiger partial charge >= 0.3 is 0 Å². The number of nitrogens with one attached hydrogen (secondary N) is 1. The molecule has 0 aliphatic rings. The Labute approximate surface area is 120 Å². The van der Waals surface area contributed by atoms with E-state index in [-0.39, 0.29) is 0 Å². The summed E-state index contributed by atoms with van der Waals surface area (Å²) in [5.74, 6) is 0. The number of hydrogen-bond acceptors (Lipinski definition) is 2. The molecule has 0 amide bonds. The summed E-state index contributed by atoms with van der Waals surface area (Å²) in [4.78, 5) is 2.39. The molecule has 1 rings (SSSR count). The summed E-state index contributed by atoms with van der Waals surface area (Å²) in [5.41, 5.74) is 2.60. The fourth-order valence-electron chi connectivity index (χ4n) is 2.02. The average molecular weight is 313 g/mol. The van der Waals surface area contributed by atoms with E-state index >= 15 is 0 Å². The fourth-order valence-corrected chi connectivity index (χ4v) is 2.53. The summed E-state index contributed by atoms with van der Waals surface area (Å²) < 4.78 is 1.19. The molecular formula is C15H25BrN2. The lowest BCUT2D eigenvalue weighted by Crippen LogP contribution is -2.30. The number of halogens is 1. The summed E-state index contributed by atoms with van der Waals surface area (Å²) in [6.07, 6.45) is 0. The molecule has 1 N–H and O–H groups in total. The van der Waals surface area contributed by atoms with E-state index in [9.17, 15) is 0 Å². The number of anilines is 1.